The summed E-state index contributed by atoms with van der Waals surface area (Å²) in [5.41, 5.74) is 0.467. The minimum absolute atomic E-state index is 0.0227. The third kappa shape index (κ3) is 6.35. The maximum absolute atomic E-state index is 12.0. The van der Waals surface area contributed by atoms with Gasteiger partial charge in [0.1, 0.15) is 10.0 Å². The summed E-state index contributed by atoms with van der Waals surface area (Å²) >= 11 is 6.91. The minimum Gasteiger partial charge on any atom is -0.378 e. The van der Waals surface area contributed by atoms with Crippen molar-refractivity contribution in [3.8, 4) is 0 Å². The van der Waals surface area contributed by atoms with E-state index in [2.05, 4.69) is 29.4 Å². The fourth-order valence-corrected chi connectivity index (χ4v) is 4.62. The zero-order chi connectivity index (χ0) is 19.8. The highest BCUT2D eigenvalue weighted by Crippen LogP contribution is 2.26. The highest BCUT2D eigenvalue weighted by atomic mass is 32.2. The molecule has 0 saturated carbocycles. The number of amides is 1. The number of hydrogen-bond acceptors (Lipinski definition) is 6. The molecule has 1 saturated heterocycles. The zero-order valence-corrected chi connectivity index (χ0v) is 17.3. The maximum atomic E-state index is 12.0. The molecule has 1 fully saturated rings. The largest absolute Gasteiger partial charge is 0.378 e. The van der Waals surface area contributed by atoms with E-state index in [1.165, 1.54) is 24.2 Å². The normalized spacial score (nSPS) is 19.4. The molecule has 2 N–H and O–H groups in total. The van der Waals surface area contributed by atoms with E-state index >= 15 is 0 Å². The number of nitro groups is 1. The standard InChI is InChI=1S/C18H26N4O3S2/c1-13-6-5-7-14(2)21(13)18(26)27-12-17(23)20-11-10-19-15-8-3-4-9-16(15)22(24)25/h3-4,8-9,13-14,19H,5-7,10-12H2,1-2H3,(H,20,23)/t13-,14-/m1/s1. The Bertz CT molecular complexity index is 676. The molecule has 1 aromatic carbocycles. The number of nitrogens with one attached hydrogen (secondary N) is 2. The van der Waals surface area contributed by atoms with E-state index in [9.17, 15) is 14.9 Å². The van der Waals surface area contributed by atoms with Crippen LogP contribution in [0.1, 0.15) is 33.1 Å². The monoisotopic (exact) mass is 410 g/mol. The van der Waals surface area contributed by atoms with Gasteiger partial charge in [0.2, 0.25) is 5.91 Å². The number of piperidine rings is 1. The van der Waals surface area contributed by atoms with Gasteiger partial charge < -0.3 is 15.5 Å². The number of nitrogens with zero attached hydrogens (tertiary/aromatic N) is 2. The topological polar surface area (TPSA) is 87.5 Å². The number of benzene rings is 1. The lowest BCUT2D eigenvalue weighted by atomic mass is 9.99. The smallest absolute Gasteiger partial charge is 0.292 e. The number of carbonyl (C=O) groups excluding carboxylic acids is 1. The number of thiocarbonyl (C=S) groups is 1. The van der Waals surface area contributed by atoms with Crippen LogP contribution in [-0.4, -0.2) is 51.0 Å². The Hall–Kier alpha value is -1.87. The average molecular weight is 411 g/mol. The van der Waals surface area contributed by atoms with Crippen molar-refractivity contribution in [3.63, 3.8) is 0 Å². The lowest BCUT2D eigenvalue weighted by Gasteiger charge is -2.40. The quantitative estimate of drug-likeness (QED) is 0.308. The first kappa shape index (κ1) is 21.4. The van der Waals surface area contributed by atoms with Crippen LogP contribution < -0.4 is 10.6 Å². The number of nitro benzene ring substituents is 1. The molecule has 0 aromatic heterocycles. The van der Waals surface area contributed by atoms with Crippen LogP contribution in [0, 0.1) is 10.1 Å². The Kier molecular flexibility index (Phi) is 8.30. The zero-order valence-electron chi connectivity index (χ0n) is 15.6. The van der Waals surface area contributed by atoms with Crippen molar-refractivity contribution in [2.45, 2.75) is 45.2 Å². The molecule has 1 heterocycles. The Balaban J connectivity index is 1.69. The van der Waals surface area contributed by atoms with E-state index in [1.54, 1.807) is 18.2 Å². The SMILES string of the molecule is C[C@@H]1CCC[C@@H](C)N1C(=S)SCC(=O)NCCNc1ccccc1[N+](=O)[O-]. The van der Waals surface area contributed by atoms with Gasteiger partial charge >= 0.3 is 0 Å². The van der Waals surface area contributed by atoms with Crippen molar-refractivity contribution in [2.75, 3.05) is 24.2 Å². The highest BCUT2D eigenvalue weighted by molar-refractivity contribution is 8.23. The van der Waals surface area contributed by atoms with Crippen LogP contribution in [-0.2, 0) is 4.79 Å². The van der Waals surface area contributed by atoms with E-state index in [0.29, 0.717) is 30.9 Å². The first-order valence-corrected chi connectivity index (χ1v) is 10.5. The molecule has 9 heteroatoms. The summed E-state index contributed by atoms with van der Waals surface area (Å²) < 4.78 is 0.780. The van der Waals surface area contributed by atoms with Crippen molar-refractivity contribution in [1.82, 2.24) is 10.2 Å². The molecule has 2 rings (SSSR count). The van der Waals surface area contributed by atoms with Gasteiger partial charge in [-0.15, -0.1) is 0 Å². The van der Waals surface area contributed by atoms with E-state index in [4.69, 9.17) is 12.2 Å². The van der Waals surface area contributed by atoms with Crippen molar-refractivity contribution in [1.29, 1.82) is 0 Å². The molecule has 1 amide bonds. The Morgan fingerprint density at radius 3 is 2.63 bits per heavy atom. The van der Waals surface area contributed by atoms with E-state index < -0.39 is 4.92 Å². The Morgan fingerprint density at radius 1 is 1.30 bits per heavy atom. The number of anilines is 1. The lowest BCUT2D eigenvalue weighted by Crippen LogP contribution is -2.46. The number of likely N-dealkylation sites (tertiary alicyclic amines) is 1. The third-order valence-electron chi connectivity index (χ3n) is 4.59. The van der Waals surface area contributed by atoms with Crippen molar-refractivity contribution in [2.24, 2.45) is 0 Å². The molecular formula is C18H26N4O3S2. The van der Waals surface area contributed by atoms with Gasteiger partial charge in [0.15, 0.2) is 0 Å². The first-order chi connectivity index (χ1) is 12.9. The Labute approximate surface area is 169 Å². The fourth-order valence-electron chi connectivity index (χ4n) is 3.22. The van der Waals surface area contributed by atoms with Gasteiger partial charge in [0, 0.05) is 31.2 Å². The van der Waals surface area contributed by atoms with Crippen molar-refractivity contribution >= 4 is 45.6 Å². The van der Waals surface area contributed by atoms with Crippen LogP contribution >= 0.6 is 24.0 Å². The van der Waals surface area contributed by atoms with Crippen molar-refractivity contribution in [3.05, 3.63) is 34.4 Å². The van der Waals surface area contributed by atoms with Gasteiger partial charge in [0.25, 0.3) is 5.69 Å². The molecule has 0 unspecified atom stereocenters. The summed E-state index contributed by atoms with van der Waals surface area (Å²) in [6.07, 6.45) is 3.49. The van der Waals surface area contributed by atoms with Crippen LogP contribution in [0.4, 0.5) is 11.4 Å². The molecule has 1 aliphatic rings. The number of thioether (sulfide) groups is 1. The molecule has 1 aromatic rings. The molecular weight excluding hydrogens is 384 g/mol. The van der Waals surface area contributed by atoms with E-state index in [0.717, 1.165) is 17.2 Å². The predicted molar refractivity (Wildman–Crippen MR) is 114 cm³/mol. The number of para-hydroxylation sites is 2. The second kappa shape index (κ2) is 10.5. The van der Waals surface area contributed by atoms with Crippen LogP contribution in [0.15, 0.2) is 24.3 Å². The van der Waals surface area contributed by atoms with E-state index in [-0.39, 0.29) is 17.3 Å². The predicted octanol–water partition coefficient (Wildman–Crippen LogP) is 3.40. The fraction of sp³-hybridized carbons (Fsp3) is 0.556. The molecule has 27 heavy (non-hydrogen) atoms. The lowest BCUT2D eigenvalue weighted by molar-refractivity contribution is -0.384. The number of carbonyl (C=O) groups is 1. The summed E-state index contributed by atoms with van der Waals surface area (Å²) in [5, 5.41) is 16.8. The molecule has 148 valence electrons. The number of rotatable bonds is 7. The maximum Gasteiger partial charge on any atom is 0.292 e. The van der Waals surface area contributed by atoms with Gasteiger partial charge in [0.05, 0.1) is 10.7 Å². The molecule has 0 bridgehead atoms. The average Bonchev–Trinajstić information content (AvgIpc) is 2.63. The number of hydrogen-bond donors (Lipinski definition) is 2. The van der Waals surface area contributed by atoms with Crippen LogP contribution in [0.25, 0.3) is 0 Å². The molecule has 0 spiro atoms. The summed E-state index contributed by atoms with van der Waals surface area (Å²) in [7, 11) is 0. The summed E-state index contributed by atoms with van der Waals surface area (Å²) in [5.74, 6) is 0.185. The van der Waals surface area contributed by atoms with Crippen molar-refractivity contribution < 1.29 is 9.72 Å². The Morgan fingerprint density at radius 2 is 1.96 bits per heavy atom. The van der Waals surface area contributed by atoms with Crippen LogP contribution in [0.2, 0.25) is 0 Å². The van der Waals surface area contributed by atoms with Gasteiger partial charge in [-0.25, -0.2) is 0 Å². The molecule has 0 aliphatic carbocycles. The second-order valence-electron chi connectivity index (χ2n) is 6.64. The molecule has 2 atom stereocenters. The molecule has 1 aliphatic heterocycles. The van der Waals surface area contributed by atoms with E-state index in [1.807, 2.05) is 0 Å². The summed E-state index contributed by atoms with van der Waals surface area (Å²) in [6, 6.07) is 7.28. The summed E-state index contributed by atoms with van der Waals surface area (Å²) in [4.78, 5) is 24.8. The second-order valence-corrected chi connectivity index (χ2v) is 8.25. The van der Waals surface area contributed by atoms with Crippen LogP contribution in [0.5, 0.6) is 0 Å². The van der Waals surface area contributed by atoms with Gasteiger partial charge in [-0.1, -0.05) is 36.1 Å². The third-order valence-corrected chi connectivity index (χ3v) is 6.02. The molecule has 7 nitrogen and oxygen atoms in total. The summed E-state index contributed by atoms with van der Waals surface area (Å²) in [6.45, 7) is 5.15. The van der Waals surface area contributed by atoms with Gasteiger partial charge in [-0.3, -0.25) is 14.9 Å². The van der Waals surface area contributed by atoms with Gasteiger partial charge in [-0.2, -0.15) is 0 Å². The highest BCUT2D eigenvalue weighted by Gasteiger charge is 2.27. The first-order valence-electron chi connectivity index (χ1n) is 9.09. The minimum atomic E-state index is -0.429. The molecule has 0 radical (unpaired) electrons. The van der Waals surface area contributed by atoms with Gasteiger partial charge in [-0.05, 0) is 39.2 Å². The van der Waals surface area contributed by atoms with Crippen LogP contribution in [0.3, 0.4) is 0 Å².